The Morgan fingerprint density at radius 1 is 1.19 bits per heavy atom. The molecule has 2 aliphatic carbocycles. The highest BCUT2D eigenvalue weighted by atomic mass is 16.3. The Balaban J connectivity index is 1.98. The lowest BCUT2D eigenvalue weighted by Gasteiger charge is -2.14. The Labute approximate surface area is 96.7 Å². The van der Waals surface area contributed by atoms with Crippen molar-refractivity contribution in [3.05, 3.63) is 29.1 Å². The summed E-state index contributed by atoms with van der Waals surface area (Å²) < 4.78 is 0. The molecule has 1 N–H and O–H groups in total. The van der Waals surface area contributed by atoms with Crippen molar-refractivity contribution < 1.29 is 5.11 Å². The first-order chi connectivity index (χ1) is 7.64. The second-order valence-corrected chi connectivity index (χ2v) is 5.41. The molecule has 1 aromatic heterocycles. The molecule has 2 saturated carbocycles. The molecule has 0 amide bonds. The quantitative estimate of drug-likeness (QED) is 0.784. The molecule has 0 bridgehead atoms. The van der Waals surface area contributed by atoms with Gasteiger partial charge in [-0.15, -0.1) is 0 Å². The summed E-state index contributed by atoms with van der Waals surface area (Å²) in [6, 6.07) is 4.10. The lowest BCUT2D eigenvalue weighted by molar-refractivity contribution is 0.117. The molecule has 2 heteroatoms. The average molecular weight is 217 g/mol. The topological polar surface area (TPSA) is 33.1 Å². The molecule has 2 nitrogen and oxygen atoms in total. The van der Waals surface area contributed by atoms with Crippen LogP contribution in [0.5, 0.6) is 0 Å². The van der Waals surface area contributed by atoms with E-state index in [1.807, 2.05) is 19.9 Å². The maximum atomic E-state index is 10.8. The normalized spacial score (nSPS) is 36.9. The zero-order chi connectivity index (χ0) is 11.3. The van der Waals surface area contributed by atoms with E-state index in [0.717, 1.165) is 17.0 Å². The predicted molar refractivity (Wildman–Crippen MR) is 63.1 cm³/mol. The van der Waals surface area contributed by atoms with Crippen LogP contribution in [0.1, 0.15) is 42.6 Å². The van der Waals surface area contributed by atoms with Crippen molar-refractivity contribution in [1.29, 1.82) is 0 Å². The van der Waals surface area contributed by atoms with Crippen molar-refractivity contribution in [1.82, 2.24) is 4.98 Å². The third kappa shape index (κ3) is 1.26. The van der Waals surface area contributed by atoms with Crippen molar-refractivity contribution in [3.63, 3.8) is 0 Å². The van der Waals surface area contributed by atoms with Gasteiger partial charge in [0.2, 0.25) is 0 Å². The number of pyridine rings is 1. The Morgan fingerprint density at radius 2 is 1.81 bits per heavy atom. The van der Waals surface area contributed by atoms with Crippen molar-refractivity contribution in [2.24, 2.45) is 11.8 Å². The van der Waals surface area contributed by atoms with Crippen LogP contribution in [0.4, 0.5) is 0 Å². The van der Waals surface area contributed by atoms with Crippen LogP contribution in [0.15, 0.2) is 12.1 Å². The minimum atomic E-state index is -0.540. The number of hydrogen-bond acceptors (Lipinski definition) is 2. The number of aryl methyl sites for hydroxylation is 2. The van der Waals surface area contributed by atoms with Crippen LogP contribution in [-0.2, 0) is 5.60 Å². The Hall–Kier alpha value is -0.890. The van der Waals surface area contributed by atoms with Gasteiger partial charge in [-0.05, 0) is 44.6 Å². The highest BCUT2D eigenvalue weighted by molar-refractivity contribution is 5.36. The molecule has 2 atom stereocenters. The largest absolute Gasteiger partial charge is 0.384 e. The van der Waals surface area contributed by atoms with E-state index < -0.39 is 5.60 Å². The fourth-order valence-electron chi connectivity index (χ4n) is 3.60. The van der Waals surface area contributed by atoms with E-state index in [1.54, 1.807) is 0 Å². The second kappa shape index (κ2) is 3.30. The second-order valence-electron chi connectivity index (χ2n) is 5.41. The summed E-state index contributed by atoms with van der Waals surface area (Å²) in [7, 11) is 0. The van der Waals surface area contributed by atoms with Gasteiger partial charge in [0.15, 0.2) is 0 Å². The first-order valence-corrected chi connectivity index (χ1v) is 6.31. The lowest BCUT2D eigenvalue weighted by Crippen LogP contribution is -2.13. The molecule has 0 spiro atoms. The summed E-state index contributed by atoms with van der Waals surface area (Å²) >= 11 is 0. The Morgan fingerprint density at radius 3 is 2.38 bits per heavy atom. The molecule has 0 radical (unpaired) electrons. The summed E-state index contributed by atoms with van der Waals surface area (Å²) in [6.07, 6.45) is 4.94. The van der Waals surface area contributed by atoms with E-state index in [2.05, 4.69) is 11.1 Å². The van der Waals surface area contributed by atoms with Crippen LogP contribution in [-0.4, -0.2) is 10.1 Å². The molecule has 1 heterocycles. The maximum Gasteiger partial charge on any atom is 0.0977 e. The molecule has 86 valence electrons. The summed E-state index contributed by atoms with van der Waals surface area (Å²) in [5.74, 6) is 1.01. The Kier molecular flexibility index (Phi) is 2.12. The van der Waals surface area contributed by atoms with Crippen molar-refractivity contribution in [2.75, 3.05) is 0 Å². The zero-order valence-corrected chi connectivity index (χ0v) is 10.0. The van der Waals surface area contributed by atoms with Crippen LogP contribution in [0, 0.1) is 25.7 Å². The van der Waals surface area contributed by atoms with Crippen LogP contribution in [0.25, 0.3) is 0 Å². The number of aromatic nitrogens is 1. The Bertz CT molecular complexity index is 415. The van der Waals surface area contributed by atoms with Crippen LogP contribution >= 0.6 is 0 Å². The van der Waals surface area contributed by atoms with E-state index in [4.69, 9.17) is 0 Å². The maximum absolute atomic E-state index is 10.8. The molecule has 16 heavy (non-hydrogen) atoms. The van der Waals surface area contributed by atoms with Gasteiger partial charge >= 0.3 is 0 Å². The number of hydrogen-bond donors (Lipinski definition) is 1. The monoisotopic (exact) mass is 217 g/mol. The molecule has 2 aliphatic rings. The molecule has 3 rings (SSSR count). The summed E-state index contributed by atoms with van der Waals surface area (Å²) in [5.41, 5.74) is 2.58. The molecular formula is C14H19NO. The molecule has 2 fully saturated rings. The standard InChI is InChI=1S/C14H19NO/c1-9-7-8-11(10(2)15-9)14(16)12-5-3-4-6-13(12)14/h7-8,12-13,16H,3-6H2,1-2H3. The fourth-order valence-corrected chi connectivity index (χ4v) is 3.60. The number of fused-ring (bicyclic) bond motifs is 1. The van der Waals surface area contributed by atoms with Gasteiger partial charge in [0.1, 0.15) is 0 Å². The molecule has 1 aromatic rings. The third-order valence-corrected chi connectivity index (χ3v) is 4.44. The van der Waals surface area contributed by atoms with E-state index in [1.165, 1.54) is 25.7 Å². The fraction of sp³-hybridized carbons (Fsp3) is 0.643. The first-order valence-electron chi connectivity index (χ1n) is 6.31. The van der Waals surface area contributed by atoms with Gasteiger partial charge in [0.05, 0.1) is 5.60 Å². The minimum absolute atomic E-state index is 0.504. The van der Waals surface area contributed by atoms with Crippen molar-refractivity contribution >= 4 is 0 Å². The zero-order valence-electron chi connectivity index (χ0n) is 10.0. The molecule has 0 saturated heterocycles. The van der Waals surface area contributed by atoms with Crippen LogP contribution in [0.3, 0.4) is 0 Å². The highest BCUT2D eigenvalue weighted by Gasteiger charge is 2.65. The van der Waals surface area contributed by atoms with Gasteiger partial charge in [0, 0.05) is 17.0 Å². The van der Waals surface area contributed by atoms with Gasteiger partial charge < -0.3 is 5.11 Å². The first kappa shape index (κ1) is 10.3. The number of rotatable bonds is 1. The molecule has 2 unspecified atom stereocenters. The van der Waals surface area contributed by atoms with E-state index in [0.29, 0.717) is 11.8 Å². The highest BCUT2D eigenvalue weighted by Crippen LogP contribution is 2.64. The van der Waals surface area contributed by atoms with Crippen LogP contribution < -0.4 is 0 Å². The lowest BCUT2D eigenvalue weighted by atomic mass is 10.0. The predicted octanol–water partition coefficient (Wildman–Crippen LogP) is 2.71. The summed E-state index contributed by atoms with van der Waals surface area (Å²) in [6.45, 7) is 4.02. The molecule has 0 aromatic carbocycles. The smallest absolute Gasteiger partial charge is 0.0977 e. The average Bonchev–Trinajstić information content (AvgIpc) is 2.86. The van der Waals surface area contributed by atoms with Crippen LogP contribution in [0.2, 0.25) is 0 Å². The minimum Gasteiger partial charge on any atom is -0.384 e. The van der Waals surface area contributed by atoms with Gasteiger partial charge in [-0.1, -0.05) is 18.9 Å². The van der Waals surface area contributed by atoms with Gasteiger partial charge in [-0.3, -0.25) is 4.98 Å². The van der Waals surface area contributed by atoms with E-state index in [-0.39, 0.29) is 0 Å². The molecule has 0 aliphatic heterocycles. The third-order valence-electron chi connectivity index (χ3n) is 4.44. The summed E-state index contributed by atoms with van der Waals surface area (Å²) in [4.78, 5) is 4.48. The van der Waals surface area contributed by atoms with Gasteiger partial charge in [0.25, 0.3) is 0 Å². The number of nitrogens with zero attached hydrogens (tertiary/aromatic N) is 1. The number of aliphatic hydroxyl groups is 1. The van der Waals surface area contributed by atoms with Crippen molar-refractivity contribution in [3.8, 4) is 0 Å². The van der Waals surface area contributed by atoms with E-state index >= 15 is 0 Å². The van der Waals surface area contributed by atoms with Gasteiger partial charge in [-0.25, -0.2) is 0 Å². The van der Waals surface area contributed by atoms with E-state index in [9.17, 15) is 5.11 Å². The SMILES string of the molecule is Cc1ccc(C2(O)C3CCCCC32)c(C)n1. The van der Waals surface area contributed by atoms with Gasteiger partial charge in [-0.2, -0.15) is 0 Å². The molecular weight excluding hydrogens is 198 g/mol. The van der Waals surface area contributed by atoms with Crippen molar-refractivity contribution in [2.45, 2.75) is 45.1 Å². The summed E-state index contributed by atoms with van der Waals surface area (Å²) in [5, 5.41) is 10.8.